The number of nitrogens with zero attached hydrogens (tertiary/aromatic N) is 3. The highest BCUT2D eigenvalue weighted by atomic mass is 16.3. The molecule has 2 rings (SSSR count). The summed E-state index contributed by atoms with van der Waals surface area (Å²) in [5, 5.41) is 17.9. The summed E-state index contributed by atoms with van der Waals surface area (Å²) in [5.74, 6) is 0. The summed E-state index contributed by atoms with van der Waals surface area (Å²) < 4.78 is 1.59. The molecule has 1 atom stereocenters. The monoisotopic (exact) mass is 217 g/mol. The lowest BCUT2D eigenvalue weighted by molar-refractivity contribution is 0.209. The lowest BCUT2D eigenvalue weighted by atomic mass is 9.98. The molecular formula is C12H15N3O. The molecule has 4 heteroatoms. The van der Waals surface area contributed by atoms with Crippen LogP contribution in [0.2, 0.25) is 0 Å². The van der Waals surface area contributed by atoms with Crippen molar-refractivity contribution in [3.8, 4) is 0 Å². The number of hydrogen-bond acceptors (Lipinski definition) is 3. The van der Waals surface area contributed by atoms with Gasteiger partial charge in [0, 0.05) is 7.05 Å². The van der Waals surface area contributed by atoms with Crippen LogP contribution in [0.3, 0.4) is 0 Å². The second-order valence-corrected chi connectivity index (χ2v) is 3.97. The molecule has 0 fully saturated rings. The van der Waals surface area contributed by atoms with Gasteiger partial charge in [-0.15, -0.1) is 5.10 Å². The van der Waals surface area contributed by atoms with Gasteiger partial charge in [-0.25, -0.2) is 4.68 Å². The number of hydrogen-bond donors (Lipinski definition) is 1. The topological polar surface area (TPSA) is 50.9 Å². The van der Waals surface area contributed by atoms with E-state index in [-0.39, 0.29) is 0 Å². The summed E-state index contributed by atoms with van der Waals surface area (Å²) in [6.07, 6.45) is 0.923. The number of aliphatic hydroxyl groups is 1. The first-order valence-electron chi connectivity index (χ1n) is 5.20. The molecule has 16 heavy (non-hydrogen) atoms. The maximum atomic E-state index is 10.3. The van der Waals surface area contributed by atoms with E-state index in [1.165, 1.54) is 5.56 Å². The molecule has 0 saturated heterocycles. The van der Waals surface area contributed by atoms with Crippen molar-refractivity contribution in [3.05, 3.63) is 46.8 Å². The van der Waals surface area contributed by atoms with Gasteiger partial charge in [0.05, 0.1) is 11.9 Å². The fourth-order valence-corrected chi connectivity index (χ4v) is 1.77. The third kappa shape index (κ3) is 1.72. The average molecular weight is 217 g/mol. The summed E-state index contributed by atoms with van der Waals surface area (Å²) in [5.41, 5.74) is 3.89. The fourth-order valence-electron chi connectivity index (χ4n) is 1.77. The SMILES string of the molecule is Cc1cccc(C(O)c2cnnn2C)c1C. The minimum absolute atomic E-state index is 0.667. The molecule has 0 aliphatic rings. The zero-order chi connectivity index (χ0) is 11.7. The molecule has 84 valence electrons. The van der Waals surface area contributed by atoms with E-state index in [9.17, 15) is 5.11 Å². The number of aryl methyl sites for hydroxylation is 2. The molecule has 1 aromatic heterocycles. The normalized spacial score (nSPS) is 12.8. The molecule has 0 aliphatic heterocycles. The number of aromatic nitrogens is 3. The van der Waals surface area contributed by atoms with Crippen LogP contribution in [0.15, 0.2) is 24.4 Å². The second-order valence-electron chi connectivity index (χ2n) is 3.97. The van der Waals surface area contributed by atoms with Gasteiger partial charge in [0.1, 0.15) is 6.10 Å². The fraction of sp³-hybridized carbons (Fsp3) is 0.333. The van der Waals surface area contributed by atoms with Gasteiger partial charge >= 0.3 is 0 Å². The molecule has 0 bridgehead atoms. The van der Waals surface area contributed by atoms with Crippen LogP contribution in [0.25, 0.3) is 0 Å². The van der Waals surface area contributed by atoms with Crippen LogP contribution in [-0.4, -0.2) is 20.1 Å². The maximum absolute atomic E-state index is 10.3. The zero-order valence-electron chi connectivity index (χ0n) is 9.68. The second kappa shape index (κ2) is 4.06. The molecule has 1 N–H and O–H groups in total. The van der Waals surface area contributed by atoms with Crippen molar-refractivity contribution >= 4 is 0 Å². The van der Waals surface area contributed by atoms with E-state index in [4.69, 9.17) is 0 Å². The van der Waals surface area contributed by atoms with E-state index in [1.54, 1.807) is 17.9 Å². The van der Waals surface area contributed by atoms with Crippen LogP contribution in [0.4, 0.5) is 0 Å². The molecule has 1 unspecified atom stereocenters. The Bertz CT molecular complexity index is 505. The quantitative estimate of drug-likeness (QED) is 0.829. The van der Waals surface area contributed by atoms with Gasteiger partial charge in [0.2, 0.25) is 0 Å². The Labute approximate surface area is 94.5 Å². The Morgan fingerprint density at radius 2 is 2.06 bits per heavy atom. The minimum atomic E-state index is -0.667. The van der Waals surface area contributed by atoms with Gasteiger partial charge in [0.15, 0.2) is 0 Å². The van der Waals surface area contributed by atoms with Gasteiger partial charge < -0.3 is 5.11 Å². The van der Waals surface area contributed by atoms with E-state index in [0.29, 0.717) is 5.69 Å². The Kier molecular flexibility index (Phi) is 2.75. The third-order valence-electron chi connectivity index (χ3n) is 2.97. The first-order chi connectivity index (χ1) is 7.61. The third-order valence-corrected chi connectivity index (χ3v) is 2.97. The van der Waals surface area contributed by atoms with E-state index < -0.39 is 6.10 Å². The Balaban J connectivity index is 2.46. The van der Waals surface area contributed by atoms with E-state index in [2.05, 4.69) is 10.3 Å². The van der Waals surface area contributed by atoms with Crippen LogP contribution in [0.1, 0.15) is 28.5 Å². The van der Waals surface area contributed by atoms with Crippen molar-refractivity contribution in [2.75, 3.05) is 0 Å². The maximum Gasteiger partial charge on any atom is 0.123 e. The van der Waals surface area contributed by atoms with Gasteiger partial charge in [-0.2, -0.15) is 0 Å². The Morgan fingerprint density at radius 3 is 2.69 bits per heavy atom. The van der Waals surface area contributed by atoms with Crippen molar-refractivity contribution in [2.45, 2.75) is 20.0 Å². The van der Waals surface area contributed by atoms with Crippen LogP contribution >= 0.6 is 0 Å². The predicted molar refractivity (Wildman–Crippen MR) is 61.0 cm³/mol. The molecule has 4 nitrogen and oxygen atoms in total. The predicted octanol–water partition coefficient (Wildman–Crippen LogP) is 1.51. The average Bonchev–Trinajstić information content (AvgIpc) is 2.68. The molecule has 1 heterocycles. The molecule has 1 aromatic carbocycles. The number of benzene rings is 1. The van der Waals surface area contributed by atoms with Crippen molar-refractivity contribution < 1.29 is 5.11 Å². The lowest BCUT2D eigenvalue weighted by Crippen LogP contribution is -2.08. The highest BCUT2D eigenvalue weighted by Crippen LogP contribution is 2.25. The largest absolute Gasteiger partial charge is 0.382 e. The van der Waals surface area contributed by atoms with Gasteiger partial charge in [-0.05, 0) is 30.5 Å². The Hall–Kier alpha value is -1.68. The molecular weight excluding hydrogens is 202 g/mol. The molecule has 0 radical (unpaired) electrons. The van der Waals surface area contributed by atoms with Crippen LogP contribution < -0.4 is 0 Å². The molecule has 0 saturated carbocycles. The molecule has 2 aromatic rings. The van der Waals surface area contributed by atoms with Crippen molar-refractivity contribution in [3.63, 3.8) is 0 Å². The number of aliphatic hydroxyl groups excluding tert-OH is 1. The molecule has 0 amide bonds. The van der Waals surface area contributed by atoms with Crippen LogP contribution in [0.5, 0.6) is 0 Å². The smallest absolute Gasteiger partial charge is 0.123 e. The van der Waals surface area contributed by atoms with Crippen LogP contribution in [-0.2, 0) is 7.05 Å². The van der Waals surface area contributed by atoms with Crippen molar-refractivity contribution in [1.82, 2.24) is 15.0 Å². The first kappa shape index (κ1) is 10.8. The molecule has 0 aliphatic carbocycles. The van der Waals surface area contributed by atoms with Gasteiger partial charge in [0.25, 0.3) is 0 Å². The van der Waals surface area contributed by atoms with Gasteiger partial charge in [-0.1, -0.05) is 23.4 Å². The standard InChI is InChI=1S/C12H15N3O/c1-8-5-4-6-10(9(8)2)12(16)11-7-13-14-15(11)3/h4-7,12,16H,1-3H3. The minimum Gasteiger partial charge on any atom is -0.382 e. The highest BCUT2D eigenvalue weighted by molar-refractivity contribution is 5.37. The lowest BCUT2D eigenvalue weighted by Gasteiger charge is -2.14. The van der Waals surface area contributed by atoms with E-state index >= 15 is 0 Å². The molecule has 0 spiro atoms. The summed E-state index contributed by atoms with van der Waals surface area (Å²) in [6.45, 7) is 4.05. The van der Waals surface area contributed by atoms with Crippen molar-refractivity contribution in [1.29, 1.82) is 0 Å². The van der Waals surface area contributed by atoms with E-state index in [1.807, 2.05) is 32.0 Å². The Morgan fingerprint density at radius 1 is 1.31 bits per heavy atom. The highest BCUT2D eigenvalue weighted by Gasteiger charge is 2.17. The zero-order valence-corrected chi connectivity index (χ0v) is 9.68. The van der Waals surface area contributed by atoms with E-state index in [0.717, 1.165) is 11.1 Å². The summed E-state index contributed by atoms with van der Waals surface area (Å²) in [6, 6.07) is 5.91. The number of rotatable bonds is 2. The summed E-state index contributed by atoms with van der Waals surface area (Å²) in [4.78, 5) is 0. The van der Waals surface area contributed by atoms with Crippen LogP contribution in [0, 0.1) is 13.8 Å². The summed E-state index contributed by atoms with van der Waals surface area (Å²) >= 11 is 0. The van der Waals surface area contributed by atoms with Gasteiger partial charge in [-0.3, -0.25) is 0 Å². The first-order valence-corrected chi connectivity index (χ1v) is 5.20. The summed E-state index contributed by atoms with van der Waals surface area (Å²) in [7, 11) is 1.77. The van der Waals surface area contributed by atoms with Crippen molar-refractivity contribution in [2.24, 2.45) is 7.05 Å².